The lowest BCUT2D eigenvalue weighted by atomic mass is 10.1. The number of nitrogens with one attached hydrogen (secondary N) is 1. The molecule has 0 aliphatic carbocycles. The summed E-state index contributed by atoms with van der Waals surface area (Å²) in [6.07, 6.45) is 1.90. The van der Waals surface area contributed by atoms with Gasteiger partial charge >= 0.3 is 0 Å². The number of aliphatic hydroxyl groups excluding tert-OH is 1. The summed E-state index contributed by atoms with van der Waals surface area (Å²) < 4.78 is 27.4. The van der Waals surface area contributed by atoms with Crippen molar-refractivity contribution in [2.45, 2.75) is 37.3 Å². The van der Waals surface area contributed by atoms with Gasteiger partial charge in [0.1, 0.15) is 0 Å². The zero-order valence-corrected chi connectivity index (χ0v) is 12.6. The minimum Gasteiger partial charge on any atom is -0.392 e. The van der Waals surface area contributed by atoms with E-state index in [-0.39, 0.29) is 17.5 Å². The van der Waals surface area contributed by atoms with Gasteiger partial charge in [0.05, 0.1) is 11.5 Å². The highest BCUT2D eigenvalue weighted by molar-refractivity contribution is 7.89. The van der Waals surface area contributed by atoms with E-state index in [4.69, 9.17) is 5.11 Å². The summed E-state index contributed by atoms with van der Waals surface area (Å²) in [5.41, 5.74) is 0.707. The Morgan fingerprint density at radius 1 is 1.35 bits per heavy atom. The highest BCUT2D eigenvalue weighted by Gasteiger charge is 2.24. The van der Waals surface area contributed by atoms with Crippen LogP contribution in [0.4, 0.5) is 0 Å². The maximum absolute atomic E-state index is 12.3. The molecule has 20 heavy (non-hydrogen) atoms. The molecule has 6 heteroatoms. The molecule has 0 amide bonds. The predicted octanol–water partition coefficient (Wildman–Crippen LogP) is 0.941. The van der Waals surface area contributed by atoms with Crippen LogP contribution in [0, 0.1) is 0 Å². The average molecular weight is 298 g/mol. The number of piperidine rings is 1. The molecule has 112 valence electrons. The number of rotatable bonds is 5. The predicted molar refractivity (Wildman–Crippen MR) is 77.8 cm³/mol. The van der Waals surface area contributed by atoms with Crippen LogP contribution in [0.1, 0.15) is 25.3 Å². The van der Waals surface area contributed by atoms with E-state index in [9.17, 15) is 8.42 Å². The van der Waals surface area contributed by atoms with Crippen LogP contribution in [0.25, 0.3) is 0 Å². The number of hydrogen-bond acceptors (Lipinski definition) is 4. The summed E-state index contributed by atoms with van der Waals surface area (Å²) in [6.45, 7) is 4.76. The largest absolute Gasteiger partial charge is 0.392 e. The van der Waals surface area contributed by atoms with E-state index < -0.39 is 10.0 Å². The monoisotopic (exact) mass is 298 g/mol. The first-order chi connectivity index (χ1) is 9.55. The standard InChI is InChI=1S/C14H22N2O3S/c1-2-16-9-3-4-13(10-16)15-20(18,19)14-7-5-12(11-17)6-8-14/h5-8,13,15,17H,2-4,9-11H2,1H3. The minimum atomic E-state index is -3.47. The van der Waals surface area contributed by atoms with Crippen LogP contribution in [0.2, 0.25) is 0 Å². The van der Waals surface area contributed by atoms with Crippen molar-refractivity contribution in [2.75, 3.05) is 19.6 Å². The van der Waals surface area contributed by atoms with Gasteiger partial charge in [0.2, 0.25) is 10.0 Å². The van der Waals surface area contributed by atoms with E-state index in [1.807, 2.05) is 0 Å². The van der Waals surface area contributed by atoms with Crippen molar-refractivity contribution in [3.63, 3.8) is 0 Å². The number of hydrogen-bond donors (Lipinski definition) is 2. The molecule has 2 N–H and O–H groups in total. The zero-order valence-electron chi connectivity index (χ0n) is 11.7. The molecule has 1 heterocycles. The van der Waals surface area contributed by atoms with Gasteiger partial charge < -0.3 is 10.0 Å². The Hall–Kier alpha value is -0.950. The minimum absolute atomic E-state index is 0.0220. The van der Waals surface area contributed by atoms with Crippen molar-refractivity contribution in [1.82, 2.24) is 9.62 Å². The van der Waals surface area contributed by atoms with Crippen LogP contribution < -0.4 is 4.72 Å². The topological polar surface area (TPSA) is 69.6 Å². The third-order valence-electron chi connectivity index (χ3n) is 3.69. The van der Waals surface area contributed by atoms with Gasteiger partial charge in [-0.1, -0.05) is 19.1 Å². The Morgan fingerprint density at radius 3 is 2.65 bits per heavy atom. The van der Waals surface area contributed by atoms with Gasteiger partial charge in [0.15, 0.2) is 0 Å². The molecule has 1 fully saturated rings. The van der Waals surface area contributed by atoms with Crippen LogP contribution in [-0.2, 0) is 16.6 Å². The Kier molecular flexibility index (Phi) is 5.15. The van der Waals surface area contributed by atoms with Crippen molar-refractivity contribution in [3.8, 4) is 0 Å². The van der Waals surface area contributed by atoms with E-state index in [2.05, 4.69) is 16.5 Å². The summed E-state index contributed by atoms with van der Waals surface area (Å²) in [5, 5.41) is 8.98. The molecule has 1 atom stereocenters. The van der Waals surface area contributed by atoms with Gasteiger partial charge in [0, 0.05) is 12.6 Å². The van der Waals surface area contributed by atoms with Crippen molar-refractivity contribution < 1.29 is 13.5 Å². The average Bonchev–Trinajstić information content (AvgIpc) is 2.47. The second kappa shape index (κ2) is 6.67. The second-order valence-electron chi connectivity index (χ2n) is 5.16. The van der Waals surface area contributed by atoms with Gasteiger partial charge in [0.25, 0.3) is 0 Å². The molecule has 2 rings (SSSR count). The molecule has 0 saturated carbocycles. The van der Waals surface area contributed by atoms with Gasteiger partial charge in [-0.25, -0.2) is 13.1 Å². The highest BCUT2D eigenvalue weighted by Crippen LogP contribution is 2.15. The third-order valence-corrected chi connectivity index (χ3v) is 5.23. The lowest BCUT2D eigenvalue weighted by Crippen LogP contribution is -2.47. The number of nitrogens with zero attached hydrogens (tertiary/aromatic N) is 1. The first-order valence-corrected chi connectivity index (χ1v) is 8.48. The molecule has 1 saturated heterocycles. The Labute approximate surface area is 120 Å². The second-order valence-corrected chi connectivity index (χ2v) is 6.87. The number of likely N-dealkylation sites (tertiary alicyclic amines) is 1. The maximum atomic E-state index is 12.3. The fourth-order valence-corrected chi connectivity index (χ4v) is 3.76. The molecule has 5 nitrogen and oxygen atoms in total. The molecular weight excluding hydrogens is 276 g/mol. The van der Waals surface area contributed by atoms with Gasteiger partial charge in [-0.3, -0.25) is 0 Å². The molecule has 1 unspecified atom stereocenters. The Bertz CT molecular complexity index is 528. The fraction of sp³-hybridized carbons (Fsp3) is 0.571. The molecule has 0 bridgehead atoms. The Balaban J connectivity index is 2.06. The quantitative estimate of drug-likeness (QED) is 0.849. The van der Waals surface area contributed by atoms with E-state index in [0.29, 0.717) is 5.56 Å². The highest BCUT2D eigenvalue weighted by atomic mass is 32.2. The number of benzene rings is 1. The lowest BCUT2D eigenvalue weighted by Gasteiger charge is -2.32. The summed E-state index contributed by atoms with van der Waals surface area (Å²) in [6, 6.07) is 6.32. The lowest BCUT2D eigenvalue weighted by molar-refractivity contribution is 0.211. The van der Waals surface area contributed by atoms with Crippen molar-refractivity contribution in [3.05, 3.63) is 29.8 Å². The maximum Gasteiger partial charge on any atom is 0.240 e. The van der Waals surface area contributed by atoms with E-state index in [1.54, 1.807) is 12.1 Å². The van der Waals surface area contributed by atoms with E-state index in [0.717, 1.165) is 32.5 Å². The molecule has 1 aliphatic heterocycles. The third kappa shape index (κ3) is 3.79. The van der Waals surface area contributed by atoms with Crippen molar-refractivity contribution in [2.24, 2.45) is 0 Å². The van der Waals surface area contributed by atoms with Crippen molar-refractivity contribution >= 4 is 10.0 Å². The summed E-state index contributed by atoms with van der Waals surface area (Å²) >= 11 is 0. The summed E-state index contributed by atoms with van der Waals surface area (Å²) in [4.78, 5) is 2.51. The molecule has 1 aromatic carbocycles. The van der Waals surface area contributed by atoms with Gasteiger partial charge in [-0.2, -0.15) is 0 Å². The smallest absolute Gasteiger partial charge is 0.240 e. The van der Waals surface area contributed by atoms with Crippen LogP contribution in [0.15, 0.2) is 29.2 Å². The molecule has 1 aromatic rings. The number of aliphatic hydroxyl groups is 1. The normalized spacial score (nSPS) is 21.0. The Morgan fingerprint density at radius 2 is 2.05 bits per heavy atom. The zero-order chi connectivity index (χ0) is 14.6. The first kappa shape index (κ1) is 15.4. The number of likely N-dealkylation sites (N-methyl/N-ethyl adjacent to an activating group) is 1. The van der Waals surface area contributed by atoms with Crippen LogP contribution >= 0.6 is 0 Å². The number of sulfonamides is 1. The fourth-order valence-electron chi connectivity index (χ4n) is 2.50. The summed E-state index contributed by atoms with van der Waals surface area (Å²) in [7, 11) is -3.47. The van der Waals surface area contributed by atoms with Crippen LogP contribution in [-0.4, -0.2) is 44.1 Å². The van der Waals surface area contributed by atoms with Gasteiger partial charge in [-0.05, 0) is 43.6 Å². The van der Waals surface area contributed by atoms with Gasteiger partial charge in [-0.15, -0.1) is 0 Å². The van der Waals surface area contributed by atoms with Crippen LogP contribution in [0.3, 0.4) is 0 Å². The summed E-state index contributed by atoms with van der Waals surface area (Å²) in [5.74, 6) is 0. The molecule has 0 spiro atoms. The molecule has 1 aliphatic rings. The van der Waals surface area contributed by atoms with Crippen molar-refractivity contribution in [1.29, 1.82) is 0 Å². The van der Waals surface area contributed by atoms with Crippen LogP contribution in [0.5, 0.6) is 0 Å². The molecule has 0 aromatic heterocycles. The first-order valence-electron chi connectivity index (χ1n) is 6.99. The van der Waals surface area contributed by atoms with E-state index in [1.165, 1.54) is 12.1 Å². The SMILES string of the molecule is CCN1CCCC(NS(=O)(=O)c2ccc(CO)cc2)C1. The molecular formula is C14H22N2O3S. The van der Waals surface area contributed by atoms with E-state index >= 15 is 0 Å². The molecule has 0 radical (unpaired) electrons.